The van der Waals surface area contributed by atoms with E-state index in [1.165, 1.54) is 10.8 Å². The molecule has 2 heterocycles. The molecule has 1 aromatic carbocycles. The lowest BCUT2D eigenvalue weighted by atomic mass is 10.2. The fourth-order valence-corrected chi connectivity index (χ4v) is 6.01. The maximum Gasteiger partial charge on any atom is 0.380 e. The molecular weight excluding hydrogens is 531 g/mol. The molecule has 1 aliphatic rings. The zero-order chi connectivity index (χ0) is 26.6. The molecule has 3 rings (SSSR count). The number of aliphatic hydroxyl groups is 1. The van der Waals surface area contributed by atoms with Gasteiger partial charge in [-0.15, -0.1) is 11.6 Å². The van der Waals surface area contributed by atoms with Gasteiger partial charge >= 0.3 is 13.6 Å². The smallest absolute Gasteiger partial charge is 0.380 e. The number of esters is 1. The maximum atomic E-state index is 13.7. The van der Waals surface area contributed by atoms with Gasteiger partial charge in [0.1, 0.15) is 23.3 Å². The van der Waals surface area contributed by atoms with Gasteiger partial charge in [-0.3, -0.25) is 23.7 Å². The summed E-state index contributed by atoms with van der Waals surface area (Å²) in [7, 11) is -3.92. The highest BCUT2D eigenvalue weighted by Crippen LogP contribution is 2.51. The molecule has 0 amide bonds. The van der Waals surface area contributed by atoms with E-state index >= 15 is 0 Å². The molecule has 13 heteroatoms. The molecule has 0 radical (unpaired) electrons. The fourth-order valence-electron chi connectivity index (χ4n) is 3.54. The van der Waals surface area contributed by atoms with Crippen LogP contribution in [0.5, 0.6) is 5.75 Å². The highest BCUT2D eigenvalue weighted by atomic mass is 35.5. The third-order valence-corrected chi connectivity index (χ3v) is 8.20. The predicted octanol–water partition coefficient (Wildman–Crippen LogP) is 3.96. The van der Waals surface area contributed by atoms with Crippen molar-refractivity contribution in [3.8, 4) is 5.75 Å². The minimum Gasteiger partial charge on any atom is -0.463 e. The molecule has 1 fully saturated rings. The number of nitrogens with one attached hydrogen (secondary N) is 1. The third-order valence-electron chi connectivity index (χ3n) is 5.39. The van der Waals surface area contributed by atoms with Crippen LogP contribution in [0.4, 0.5) is 0 Å². The number of ether oxygens (including phenoxy) is 2. The van der Waals surface area contributed by atoms with Gasteiger partial charge in [0.2, 0.25) is 0 Å². The SMILES string of the molecule is Cc1cn([C@H]2O[C@@H](CO[P@@](=O)(C[C@@H](C)C(=O)OC(C)C)Oc3ccccc3)C(O)[C@H]2Cl)c(=S)[nH]c1=O. The van der Waals surface area contributed by atoms with Crippen LogP contribution in [-0.4, -0.2) is 57.1 Å². The molecule has 0 saturated carbocycles. The number of para-hydroxylation sites is 1. The van der Waals surface area contributed by atoms with E-state index in [0.29, 0.717) is 11.3 Å². The van der Waals surface area contributed by atoms with Gasteiger partial charge < -0.3 is 19.1 Å². The molecule has 1 saturated heterocycles. The molecule has 1 unspecified atom stereocenters. The van der Waals surface area contributed by atoms with E-state index in [1.807, 2.05) is 0 Å². The Balaban J connectivity index is 1.77. The minimum atomic E-state index is -3.92. The number of hydrogen-bond donors (Lipinski definition) is 2. The van der Waals surface area contributed by atoms with E-state index in [9.17, 15) is 19.3 Å². The summed E-state index contributed by atoms with van der Waals surface area (Å²) in [5.74, 6) is -1.03. The average Bonchev–Trinajstić information content (AvgIpc) is 3.08. The molecule has 2 N–H and O–H groups in total. The Morgan fingerprint density at radius 3 is 2.61 bits per heavy atom. The lowest BCUT2D eigenvalue weighted by Crippen LogP contribution is -2.31. The number of benzene rings is 1. The zero-order valence-electron chi connectivity index (χ0n) is 20.3. The fraction of sp³-hybridized carbons (Fsp3) is 0.522. The Bertz CT molecular complexity index is 1220. The number of rotatable bonds is 10. The topological polar surface area (TPSA) is 129 Å². The first-order chi connectivity index (χ1) is 16.9. The third kappa shape index (κ3) is 7.06. The number of H-pyrrole nitrogens is 1. The van der Waals surface area contributed by atoms with Crippen LogP contribution in [-0.2, 0) is 23.4 Å². The van der Waals surface area contributed by atoms with Gasteiger partial charge in [-0.05, 0) is 45.1 Å². The number of nitrogens with zero attached hydrogens (tertiary/aromatic N) is 1. The molecule has 0 bridgehead atoms. The van der Waals surface area contributed by atoms with E-state index < -0.39 is 43.3 Å². The monoisotopic (exact) mass is 560 g/mol. The Morgan fingerprint density at radius 2 is 1.97 bits per heavy atom. The highest BCUT2D eigenvalue weighted by molar-refractivity contribution is 7.71. The highest BCUT2D eigenvalue weighted by Gasteiger charge is 2.45. The van der Waals surface area contributed by atoms with E-state index in [4.69, 9.17) is 42.3 Å². The van der Waals surface area contributed by atoms with Crippen molar-refractivity contribution >= 4 is 37.4 Å². The van der Waals surface area contributed by atoms with Crippen molar-refractivity contribution in [1.82, 2.24) is 9.55 Å². The first-order valence-electron chi connectivity index (χ1n) is 11.4. The van der Waals surface area contributed by atoms with Gasteiger partial charge in [-0.2, -0.15) is 0 Å². The molecule has 2 aromatic rings. The maximum absolute atomic E-state index is 13.7. The van der Waals surface area contributed by atoms with Crippen LogP contribution in [0.25, 0.3) is 0 Å². The second-order valence-electron chi connectivity index (χ2n) is 8.86. The largest absolute Gasteiger partial charge is 0.463 e. The standard InChI is InChI=1S/C23H30ClN2O8PS/c1-13(2)32-22(29)15(4)12-35(30,34-16-8-6-5-7-9-16)31-11-17-19(27)18(24)21(33-17)26-10-14(3)20(28)25-23(26)36/h5-10,13,15,17-19,21,27H,11-12H2,1-4H3,(H,25,28,36)/t15-,17+,18-,19?,21+,35+/m1/s1. The first kappa shape index (κ1) is 28.6. The average molecular weight is 561 g/mol. The molecule has 1 aliphatic heterocycles. The van der Waals surface area contributed by atoms with E-state index in [0.717, 1.165) is 0 Å². The molecule has 36 heavy (non-hydrogen) atoms. The number of aromatic nitrogens is 2. The van der Waals surface area contributed by atoms with Crippen molar-refractivity contribution in [2.45, 2.75) is 57.6 Å². The lowest BCUT2D eigenvalue weighted by molar-refractivity contribution is -0.151. The van der Waals surface area contributed by atoms with Crippen LogP contribution >= 0.6 is 31.4 Å². The Hall–Kier alpha value is -2.01. The minimum absolute atomic E-state index is 0.0746. The summed E-state index contributed by atoms with van der Waals surface area (Å²) in [6.45, 7) is 6.26. The molecule has 1 aromatic heterocycles. The van der Waals surface area contributed by atoms with Gasteiger partial charge in [0.25, 0.3) is 5.56 Å². The van der Waals surface area contributed by atoms with Gasteiger partial charge in [-0.25, -0.2) is 4.57 Å². The summed E-state index contributed by atoms with van der Waals surface area (Å²) in [5.41, 5.74) is 0.0400. The van der Waals surface area contributed by atoms with Crippen LogP contribution in [0.2, 0.25) is 0 Å². The summed E-state index contributed by atoms with van der Waals surface area (Å²) in [5, 5.41) is 9.76. The summed E-state index contributed by atoms with van der Waals surface area (Å²) in [6, 6.07) is 8.41. The van der Waals surface area contributed by atoms with Crippen LogP contribution in [0.3, 0.4) is 0 Å². The van der Waals surface area contributed by atoms with Gasteiger partial charge in [0.05, 0.1) is 24.8 Å². The summed E-state index contributed by atoms with van der Waals surface area (Å²) in [4.78, 5) is 26.7. The van der Waals surface area contributed by atoms with Crippen molar-refractivity contribution in [1.29, 1.82) is 0 Å². The van der Waals surface area contributed by atoms with Crippen molar-refractivity contribution in [2.24, 2.45) is 5.92 Å². The van der Waals surface area contributed by atoms with Crippen LogP contribution in [0.1, 0.15) is 32.6 Å². The Kier molecular flexibility index (Phi) is 9.54. The Morgan fingerprint density at radius 1 is 1.31 bits per heavy atom. The van der Waals surface area contributed by atoms with Crippen molar-refractivity contribution in [2.75, 3.05) is 12.8 Å². The van der Waals surface area contributed by atoms with Crippen LogP contribution in [0.15, 0.2) is 41.3 Å². The first-order valence-corrected chi connectivity index (χ1v) is 14.0. The molecule has 10 nitrogen and oxygen atoms in total. The normalized spacial score (nSPS) is 24.3. The predicted molar refractivity (Wildman–Crippen MR) is 136 cm³/mol. The molecular formula is C23H30ClN2O8PS. The molecule has 0 spiro atoms. The van der Waals surface area contributed by atoms with Crippen molar-refractivity contribution < 1.29 is 33.0 Å². The molecule has 6 atom stereocenters. The Labute approximate surface area is 219 Å². The lowest BCUT2D eigenvalue weighted by Gasteiger charge is -2.24. The molecule has 198 valence electrons. The molecule has 0 aliphatic carbocycles. The number of aryl methyl sites for hydroxylation is 1. The van der Waals surface area contributed by atoms with E-state index in [2.05, 4.69) is 4.98 Å². The van der Waals surface area contributed by atoms with Gasteiger partial charge in [-0.1, -0.05) is 25.1 Å². The van der Waals surface area contributed by atoms with Gasteiger partial charge in [0.15, 0.2) is 11.0 Å². The second kappa shape index (κ2) is 12.0. The number of aliphatic hydroxyl groups excluding tert-OH is 1. The van der Waals surface area contributed by atoms with E-state index in [1.54, 1.807) is 58.0 Å². The van der Waals surface area contributed by atoms with Crippen LogP contribution < -0.4 is 10.1 Å². The number of carbonyl (C=O) groups is 1. The zero-order valence-corrected chi connectivity index (χ0v) is 22.8. The number of hydrogen-bond acceptors (Lipinski definition) is 9. The number of carbonyl (C=O) groups excluding carboxylic acids is 1. The van der Waals surface area contributed by atoms with Crippen molar-refractivity contribution in [3.05, 3.63) is 57.2 Å². The number of aromatic amines is 1. The quantitative estimate of drug-likeness (QED) is 0.192. The van der Waals surface area contributed by atoms with Gasteiger partial charge in [0, 0.05) is 11.8 Å². The van der Waals surface area contributed by atoms with E-state index in [-0.39, 0.29) is 29.2 Å². The number of halogens is 1. The second-order valence-corrected chi connectivity index (χ2v) is 11.8. The summed E-state index contributed by atoms with van der Waals surface area (Å²) < 4.78 is 37.8. The number of alkyl halides is 1. The van der Waals surface area contributed by atoms with Crippen LogP contribution in [0, 0.1) is 17.6 Å². The summed E-state index contributed by atoms with van der Waals surface area (Å²) in [6.07, 6.45) is -2.21. The summed E-state index contributed by atoms with van der Waals surface area (Å²) >= 11 is 11.6. The van der Waals surface area contributed by atoms with Crippen molar-refractivity contribution in [3.63, 3.8) is 0 Å².